The number of nitrogens with zero attached hydrogens (tertiary/aromatic N) is 6. The van der Waals surface area contributed by atoms with Gasteiger partial charge in [0.05, 0.1) is 29.0 Å². The van der Waals surface area contributed by atoms with Crippen LogP contribution in [0.15, 0.2) is 60.0 Å². The smallest absolute Gasteiger partial charge is 0.238 e. The van der Waals surface area contributed by atoms with Crippen molar-refractivity contribution >= 4 is 5.90 Å². The van der Waals surface area contributed by atoms with Crippen LogP contribution in [0, 0.1) is 12.7 Å². The van der Waals surface area contributed by atoms with Gasteiger partial charge in [0.25, 0.3) is 0 Å². The molecule has 2 aromatic carbocycles. The molecule has 8 heteroatoms. The van der Waals surface area contributed by atoms with Gasteiger partial charge in [-0.15, -0.1) is 5.10 Å². The van der Waals surface area contributed by atoms with E-state index >= 15 is 0 Å². The number of hydrogen-bond acceptors (Lipinski definition) is 5. The fourth-order valence-corrected chi connectivity index (χ4v) is 4.10. The predicted molar refractivity (Wildman–Crippen MR) is 108 cm³/mol. The fourth-order valence-electron chi connectivity index (χ4n) is 4.10. The van der Waals surface area contributed by atoms with Crippen molar-refractivity contribution in [3.05, 3.63) is 89.0 Å². The monoisotopic (exact) mass is 400 g/mol. The highest BCUT2D eigenvalue weighted by Gasteiger charge is 2.30. The molecule has 7 nitrogen and oxygen atoms in total. The van der Waals surface area contributed by atoms with Crippen LogP contribution in [0.3, 0.4) is 0 Å². The third-order valence-electron chi connectivity index (χ3n) is 5.57. The molecule has 0 amide bonds. The normalized spacial score (nSPS) is 16.9. The van der Waals surface area contributed by atoms with Gasteiger partial charge >= 0.3 is 0 Å². The average molecular weight is 400 g/mol. The van der Waals surface area contributed by atoms with Crippen LogP contribution in [0.1, 0.15) is 34.3 Å². The van der Waals surface area contributed by atoms with Crippen molar-refractivity contribution in [1.82, 2.24) is 24.5 Å². The number of aryl methyl sites for hydroxylation is 1. The second-order valence-electron chi connectivity index (χ2n) is 7.50. The molecule has 2 aromatic heterocycles. The van der Waals surface area contributed by atoms with Crippen molar-refractivity contribution in [2.45, 2.75) is 19.4 Å². The lowest BCUT2D eigenvalue weighted by Crippen LogP contribution is -2.08. The highest BCUT2D eigenvalue weighted by molar-refractivity contribution is 5.95. The van der Waals surface area contributed by atoms with Crippen molar-refractivity contribution in [3.8, 4) is 11.4 Å². The Morgan fingerprint density at radius 3 is 2.93 bits per heavy atom. The number of halogens is 1. The molecule has 0 saturated carbocycles. The largest absolute Gasteiger partial charge is 0.474 e. The van der Waals surface area contributed by atoms with Gasteiger partial charge in [-0.1, -0.05) is 29.5 Å². The standard InChI is InChI=1S/C22H17FN6O/c1-13-6-7-18-19(8-13)29-14(10-25-27-29)9-20-21(24-12-28(18)20)22-26-17(11-30-22)15-4-2-3-5-16(15)23/h2-8,10,12,17H,9,11H2,1H3/t17-/m1/s1. The lowest BCUT2D eigenvalue weighted by molar-refractivity contribution is 0.316. The van der Waals surface area contributed by atoms with E-state index < -0.39 is 0 Å². The van der Waals surface area contributed by atoms with Gasteiger partial charge in [0, 0.05) is 12.0 Å². The second-order valence-corrected chi connectivity index (χ2v) is 7.50. The Bertz CT molecular complexity index is 1320. The van der Waals surface area contributed by atoms with Crippen LogP contribution < -0.4 is 0 Å². The minimum Gasteiger partial charge on any atom is -0.474 e. The molecule has 4 aromatic rings. The molecule has 2 aliphatic heterocycles. The van der Waals surface area contributed by atoms with Crippen LogP contribution in [0.5, 0.6) is 0 Å². The van der Waals surface area contributed by atoms with Crippen molar-refractivity contribution in [1.29, 1.82) is 0 Å². The van der Waals surface area contributed by atoms with Crippen LogP contribution in [0.25, 0.3) is 11.4 Å². The van der Waals surface area contributed by atoms with E-state index in [9.17, 15) is 4.39 Å². The number of benzene rings is 2. The zero-order valence-corrected chi connectivity index (χ0v) is 16.2. The lowest BCUT2D eigenvalue weighted by Gasteiger charge is -2.10. The van der Waals surface area contributed by atoms with E-state index in [1.807, 2.05) is 22.2 Å². The van der Waals surface area contributed by atoms with Gasteiger partial charge in [-0.25, -0.2) is 19.0 Å². The highest BCUT2D eigenvalue weighted by atomic mass is 19.1. The minimum atomic E-state index is -0.383. The Balaban J connectivity index is 1.48. The molecule has 0 unspecified atom stereocenters. The summed E-state index contributed by atoms with van der Waals surface area (Å²) in [7, 11) is 0. The van der Waals surface area contributed by atoms with E-state index in [1.54, 1.807) is 24.7 Å². The predicted octanol–water partition coefficient (Wildman–Crippen LogP) is 3.32. The summed E-state index contributed by atoms with van der Waals surface area (Å²) in [4.78, 5) is 9.27. The molecule has 0 radical (unpaired) electrons. The van der Waals surface area contributed by atoms with E-state index in [1.165, 1.54) is 6.07 Å². The average Bonchev–Trinajstić information content (AvgIpc) is 3.47. The quantitative estimate of drug-likeness (QED) is 0.456. The summed E-state index contributed by atoms with van der Waals surface area (Å²) in [5.41, 5.74) is 6.12. The summed E-state index contributed by atoms with van der Waals surface area (Å²) in [5, 5.41) is 8.38. The first kappa shape index (κ1) is 17.1. The summed E-state index contributed by atoms with van der Waals surface area (Å²) in [6.07, 6.45) is 4.11. The number of aromatic nitrogens is 5. The molecule has 6 rings (SSSR count). The third kappa shape index (κ3) is 2.50. The molecule has 0 bridgehead atoms. The van der Waals surface area contributed by atoms with Gasteiger partial charge in [-0.05, 0) is 30.7 Å². The van der Waals surface area contributed by atoms with E-state index in [-0.39, 0.29) is 18.5 Å². The van der Waals surface area contributed by atoms with Gasteiger partial charge in [-0.3, -0.25) is 4.57 Å². The maximum atomic E-state index is 14.2. The van der Waals surface area contributed by atoms with Crippen molar-refractivity contribution in [2.24, 2.45) is 4.99 Å². The molecule has 2 aliphatic rings. The van der Waals surface area contributed by atoms with Crippen LogP contribution in [0.2, 0.25) is 0 Å². The summed E-state index contributed by atoms with van der Waals surface area (Å²) < 4.78 is 24.0. The number of fused-ring (bicyclic) bond motifs is 5. The number of rotatable bonds is 2. The lowest BCUT2D eigenvalue weighted by atomic mass is 10.1. The van der Waals surface area contributed by atoms with Crippen molar-refractivity contribution in [3.63, 3.8) is 0 Å². The minimum absolute atomic E-state index is 0.279. The SMILES string of the molecule is Cc1ccc2c(c1)-n1nncc1Cc1c(C3=N[C@@H](c4ccccc4F)CO3)ncn1-2. The first-order chi connectivity index (χ1) is 14.7. The van der Waals surface area contributed by atoms with Gasteiger partial charge in [0.15, 0.2) is 0 Å². The van der Waals surface area contributed by atoms with Gasteiger partial charge < -0.3 is 4.74 Å². The molecule has 0 saturated heterocycles. The van der Waals surface area contributed by atoms with Gasteiger partial charge in [0.2, 0.25) is 5.90 Å². The summed E-state index contributed by atoms with van der Waals surface area (Å²) >= 11 is 0. The number of aliphatic imine (C=N–C) groups is 1. The maximum Gasteiger partial charge on any atom is 0.238 e. The number of hydrogen-bond donors (Lipinski definition) is 0. The second kappa shape index (κ2) is 6.35. The molecular formula is C22H17FN6O. The maximum absolute atomic E-state index is 14.2. The summed E-state index contributed by atoms with van der Waals surface area (Å²) in [6.45, 7) is 2.34. The number of imidazole rings is 1. The van der Waals surface area contributed by atoms with E-state index in [2.05, 4.69) is 38.5 Å². The molecule has 0 spiro atoms. The van der Waals surface area contributed by atoms with Crippen LogP contribution in [-0.4, -0.2) is 37.0 Å². The molecule has 4 heterocycles. The Hall–Kier alpha value is -3.81. The van der Waals surface area contributed by atoms with E-state index in [4.69, 9.17) is 4.74 Å². The molecule has 1 atom stereocenters. The summed E-state index contributed by atoms with van der Waals surface area (Å²) in [6, 6.07) is 12.5. The van der Waals surface area contributed by atoms with Gasteiger partial charge in [-0.2, -0.15) is 0 Å². The molecule has 0 fully saturated rings. The first-order valence-electron chi connectivity index (χ1n) is 9.71. The topological polar surface area (TPSA) is 70.1 Å². The molecule has 30 heavy (non-hydrogen) atoms. The van der Waals surface area contributed by atoms with Crippen molar-refractivity contribution < 1.29 is 9.13 Å². The van der Waals surface area contributed by atoms with Crippen LogP contribution in [0.4, 0.5) is 4.39 Å². The highest BCUT2D eigenvalue weighted by Crippen LogP contribution is 2.32. The Morgan fingerprint density at radius 2 is 2.03 bits per heavy atom. The molecule has 0 aliphatic carbocycles. The summed E-state index contributed by atoms with van der Waals surface area (Å²) in [5.74, 6) is 0.158. The van der Waals surface area contributed by atoms with Crippen molar-refractivity contribution in [2.75, 3.05) is 6.61 Å². The first-order valence-corrected chi connectivity index (χ1v) is 9.71. The zero-order valence-electron chi connectivity index (χ0n) is 16.2. The molecule has 148 valence electrons. The van der Waals surface area contributed by atoms with Gasteiger partial charge in [0.1, 0.15) is 30.5 Å². The fraction of sp³-hybridized carbons (Fsp3) is 0.182. The van der Waals surface area contributed by atoms with E-state index in [0.717, 1.165) is 28.3 Å². The Kier molecular flexibility index (Phi) is 3.61. The third-order valence-corrected chi connectivity index (χ3v) is 5.57. The van der Waals surface area contributed by atoms with Crippen LogP contribution >= 0.6 is 0 Å². The Labute approximate surface area is 171 Å². The van der Waals surface area contributed by atoms with E-state index in [0.29, 0.717) is 23.6 Å². The molecular weight excluding hydrogens is 383 g/mol. The zero-order chi connectivity index (χ0) is 20.2. The molecule has 0 N–H and O–H groups in total. The van der Waals surface area contributed by atoms with Crippen LogP contribution in [-0.2, 0) is 11.2 Å². The number of ether oxygens (including phenoxy) is 1. The Morgan fingerprint density at radius 1 is 1.13 bits per heavy atom.